The van der Waals surface area contributed by atoms with Crippen LogP contribution in [0.3, 0.4) is 0 Å². The Bertz CT molecular complexity index is 882. The van der Waals surface area contributed by atoms with E-state index in [0.717, 1.165) is 22.9 Å². The Kier molecular flexibility index (Phi) is 6.11. The van der Waals surface area contributed by atoms with Crippen LogP contribution in [-0.4, -0.2) is 23.8 Å². The highest BCUT2D eigenvalue weighted by molar-refractivity contribution is 7.99. The zero-order valence-corrected chi connectivity index (χ0v) is 17.3. The summed E-state index contributed by atoms with van der Waals surface area (Å²) in [6.45, 7) is 7.47. The molecule has 0 saturated heterocycles. The van der Waals surface area contributed by atoms with Crippen molar-refractivity contribution in [2.75, 3.05) is 14.2 Å². The molecule has 0 aliphatic rings. The molecule has 142 valence electrons. The Labute approximate surface area is 165 Å². The van der Waals surface area contributed by atoms with E-state index in [0.29, 0.717) is 5.92 Å². The van der Waals surface area contributed by atoms with Crippen LogP contribution in [0.1, 0.15) is 36.6 Å². The average molecular weight is 383 g/mol. The summed E-state index contributed by atoms with van der Waals surface area (Å²) in [5.41, 5.74) is 3.85. The lowest BCUT2D eigenvalue weighted by atomic mass is 10.1. The molecule has 0 unspecified atom stereocenters. The summed E-state index contributed by atoms with van der Waals surface area (Å²) in [7, 11) is 3.36. The molecule has 1 aromatic carbocycles. The number of hydrogen-bond donors (Lipinski definition) is 0. The molecule has 0 aliphatic carbocycles. The summed E-state index contributed by atoms with van der Waals surface area (Å²) in [5, 5.41) is 1.26. The number of aryl methyl sites for hydroxylation is 1. The molecule has 3 aromatic rings. The van der Waals surface area contributed by atoms with Crippen molar-refractivity contribution in [1.29, 1.82) is 0 Å². The Morgan fingerprint density at radius 3 is 2.19 bits per heavy atom. The molecular formula is C22H26N2O2S. The van der Waals surface area contributed by atoms with Crippen molar-refractivity contribution in [2.45, 2.75) is 43.2 Å². The summed E-state index contributed by atoms with van der Waals surface area (Å²) >= 11 is 1.76. The van der Waals surface area contributed by atoms with Gasteiger partial charge in [0.05, 0.1) is 19.2 Å². The van der Waals surface area contributed by atoms with Crippen molar-refractivity contribution in [1.82, 2.24) is 9.55 Å². The summed E-state index contributed by atoms with van der Waals surface area (Å²) in [6, 6.07) is 12.4. The normalized spacial score (nSPS) is 11.0. The minimum Gasteiger partial charge on any atom is -0.497 e. The number of rotatable bonds is 7. The minimum atomic E-state index is 0.442. The second-order valence-electron chi connectivity index (χ2n) is 6.79. The lowest BCUT2D eigenvalue weighted by Gasteiger charge is -2.15. The molecule has 0 atom stereocenters. The van der Waals surface area contributed by atoms with E-state index in [4.69, 9.17) is 9.47 Å². The first-order valence-electron chi connectivity index (χ1n) is 9.01. The standard InChI is InChI=1S/C22H26N2O2S/c1-15(2)21-10-16(3)24(14-17-6-8-23-9-7-17)22(21)27-20-12-18(25-4)11-19(13-20)26-5/h6-13,15H,14H2,1-5H3. The third-order valence-electron chi connectivity index (χ3n) is 4.53. The quantitative estimate of drug-likeness (QED) is 0.538. The number of aromatic nitrogens is 2. The molecule has 27 heavy (non-hydrogen) atoms. The predicted octanol–water partition coefficient (Wildman–Crippen LogP) is 5.53. The summed E-state index contributed by atoms with van der Waals surface area (Å²) in [6.07, 6.45) is 3.69. The van der Waals surface area contributed by atoms with Crippen LogP contribution in [0.2, 0.25) is 0 Å². The Hall–Kier alpha value is -2.40. The molecule has 3 rings (SSSR count). The lowest BCUT2D eigenvalue weighted by molar-refractivity contribution is 0.392. The summed E-state index contributed by atoms with van der Waals surface area (Å²) in [5.74, 6) is 2.04. The van der Waals surface area contributed by atoms with Gasteiger partial charge in [-0.05, 0) is 54.3 Å². The molecule has 2 aromatic heterocycles. The van der Waals surface area contributed by atoms with Crippen LogP contribution in [0.25, 0.3) is 0 Å². The van der Waals surface area contributed by atoms with Gasteiger partial charge in [0.25, 0.3) is 0 Å². The molecule has 0 N–H and O–H groups in total. The monoisotopic (exact) mass is 382 g/mol. The van der Waals surface area contributed by atoms with E-state index in [-0.39, 0.29) is 0 Å². The summed E-state index contributed by atoms with van der Waals surface area (Å²) < 4.78 is 13.2. The molecule has 0 saturated carbocycles. The van der Waals surface area contributed by atoms with Crippen molar-refractivity contribution in [3.8, 4) is 11.5 Å². The first-order chi connectivity index (χ1) is 13.0. The number of nitrogens with zero attached hydrogens (tertiary/aromatic N) is 2. The number of pyridine rings is 1. The fourth-order valence-corrected chi connectivity index (χ4v) is 4.33. The van der Waals surface area contributed by atoms with Gasteiger partial charge < -0.3 is 14.0 Å². The van der Waals surface area contributed by atoms with Crippen LogP contribution in [0.4, 0.5) is 0 Å². The molecule has 0 fully saturated rings. The van der Waals surface area contributed by atoms with Crippen LogP contribution in [0.15, 0.2) is 58.7 Å². The number of ether oxygens (including phenoxy) is 2. The fourth-order valence-electron chi connectivity index (χ4n) is 3.03. The van der Waals surface area contributed by atoms with E-state index in [2.05, 4.69) is 60.7 Å². The maximum absolute atomic E-state index is 5.44. The second kappa shape index (κ2) is 8.53. The smallest absolute Gasteiger partial charge is 0.123 e. The van der Waals surface area contributed by atoms with Gasteiger partial charge in [-0.2, -0.15) is 0 Å². The van der Waals surface area contributed by atoms with Gasteiger partial charge in [0.2, 0.25) is 0 Å². The van der Waals surface area contributed by atoms with Crippen LogP contribution < -0.4 is 9.47 Å². The average Bonchev–Trinajstić information content (AvgIpc) is 2.98. The van der Waals surface area contributed by atoms with Crippen molar-refractivity contribution < 1.29 is 9.47 Å². The first kappa shape index (κ1) is 19.4. The molecule has 0 amide bonds. The van der Waals surface area contributed by atoms with Crippen molar-refractivity contribution in [2.24, 2.45) is 0 Å². The Morgan fingerprint density at radius 2 is 1.63 bits per heavy atom. The molecular weight excluding hydrogens is 356 g/mol. The van der Waals surface area contributed by atoms with E-state index in [1.807, 2.05) is 18.5 Å². The maximum Gasteiger partial charge on any atom is 0.123 e. The first-order valence-corrected chi connectivity index (χ1v) is 9.83. The highest BCUT2D eigenvalue weighted by Gasteiger charge is 2.18. The third kappa shape index (κ3) is 4.48. The van der Waals surface area contributed by atoms with Crippen LogP contribution >= 0.6 is 11.8 Å². The summed E-state index contributed by atoms with van der Waals surface area (Å²) in [4.78, 5) is 5.23. The molecule has 0 bridgehead atoms. The van der Waals surface area contributed by atoms with E-state index < -0.39 is 0 Å². The van der Waals surface area contributed by atoms with E-state index in [9.17, 15) is 0 Å². The van der Waals surface area contributed by atoms with Gasteiger partial charge in [0, 0.05) is 35.6 Å². The lowest BCUT2D eigenvalue weighted by Crippen LogP contribution is -2.04. The molecule has 0 radical (unpaired) electrons. The van der Waals surface area contributed by atoms with E-state index in [1.165, 1.54) is 21.8 Å². The van der Waals surface area contributed by atoms with Gasteiger partial charge in [0.1, 0.15) is 11.5 Å². The van der Waals surface area contributed by atoms with E-state index >= 15 is 0 Å². The van der Waals surface area contributed by atoms with E-state index in [1.54, 1.807) is 26.0 Å². The van der Waals surface area contributed by atoms with Crippen LogP contribution in [-0.2, 0) is 6.54 Å². The van der Waals surface area contributed by atoms with Gasteiger partial charge in [-0.25, -0.2) is 0 Å². The topological polar surface area (TPSA) is 36.3 Å². The van der Waals surface area contributed by atoms with Crippen molar-refractivity contribution in [3.05, 3.63) is 65.6 Å². The third-order valence-corrected chi connectivity index (χ3v) is 5.65. The van der Waals surface area contributed by atoms with Crippen molar-refractivity contribution >= 4 is 11.8 Å². The molecule has 2 heterocycles. The van der Waals surface area contributed by atoms with Gasteiger partial charge in [-0.15, -0.1) is 0 Å². The van der Waals surface area contributed by atoms with Crippen molar-refractivity contribution in [3.63, 3.8) is 0 Å². The van der Waals surface area contributed by atoms with Gasteiger partial charge in [0.15, 0.2) is 0 Å². The molecule has 4 nitrogen and oxygen atoms in total. The van der Waals surface area contributed by atoms with Crippen LogP contribution in [0, 0.1) is 6.92 Å². The predicted molar refractivity (Wildman–Crippen MR) is 110 cm³/mol. The highest BCUT2D eigenvalue weighted by atomic mass is 32.2. The van der Waals surface area contributed by atoms with Crippen LogP contribution in [0.5, 0.6) is 11.5 Å². The maximum atomic E-state index is 5.44. The number of hydrogen-bond acceptors (Lipinski definition) is 4. The fraction of sp³-hybridized carbons (Fsp3) is 0.318. The molecule has 5 heteroatoms. The Balaban J connectivity index is 2.03. The zero-order valence-electron chi connectivity index (χ0n) is 16.5. The Morgan fingerprint density at radius 1 is 1.00 bits per heavy atom. The number of benzene rings is 1. The molecule has 0 aliphatic heterocycles. The second-order valence-corrected chi connectivity index (χ2v) is 7.86. The molecule has 0 spiro atoms. The largest absolute Gasteiger partial charge is 0.497 e. The number of methoxy groups -OCH3 is 2. The van der Waals surface area contributed by atoms with Gasteiger partial charge in [-0.1, -0.05) is 25.6 Å². The highest BCUT2D eigenvalue weighted by Crippen LogP contribution is 2.39. The SMILES string of the molecule is COc1cc(OC)cc(Sc2c(C(C)C)cc(C)n2Cc2ccncc2)c1. The van der Waals surface area contributed by atoms with Gasteiger partial charge in [-0.3, -0.25) is 4.98 Å². The van der Waals surface area contributed by atoms with Gasteiger partial charge >= 0.3 is 0 Å². The minimum absolute atomic E-state index is 0.442. The zero-order chi connectivity index (χ0) is 19.4.